The summed E-state index contributed by atoms with van der Waals surface area (Å²) in [5.41, 5.74) is 1.07. The van der Waals surface area contributed by atoms with Crippen molar-refractivity contribution in [3.05, 3.63) is 35.9 Å². The summed E-state index contributed by atoms with van der Waals surface area (Å²) in [6.45, 7) is 0.819. The van der Waals surface area contributed by atoms with Crippen LogP contribution in [-0.4, -0.2) is 28.6 Å². The van der Waals surface area contributed by atoms with Gasteiger partial charge in [0.25, 0.3) is 0 Å². The highest BCUT2D eigenvalue weighted by Gasteiger charge is 2.30. The summed E-state index contributed by atoms with van der Waals surface area (Å²) in [6.07, 6.45) is 13.3. The zero-order chi connectivity index (χ0) is 15.2. The topological polar surface area (TPSA) is 23.5 Å². The van der Waals surface area contributed by atoms with Gasteiger partial charge in [0.15, 0.2) is 0 Å². The maximum atomic E-state index is 10.7. The molecule has 0 aliphatic heterocycles. The molecule has 0 radical (unpaired) electrons. The Morgan fingerprint density at radius 2 is 1.32 bits per heavy atom. The molecule has 2 saturated carbocycles. The van der Waals surface area contributed by atoms with E-state index in [0.717, 1.165) is 12.1 Å². The third-order valence-corrected chi connectivity index (χ3v) is 5.66. The zero-order valence-corrected chi connectivity index (χ0v) is 13.8. The van der Waals surface area contributed by atoms with Crippen LogP contribution in [0.4, 0.5) is 0 Å². The number of benzene rings is 1. The fourth-order valence-corrected chi connectivity index (χ4v) is 4.40. The number of aliphatic hydroxyl groups excluding tert-OH is 1. The average Bonchev–Trinajstić information content (AvgIpc) is 2.62. The lowest BCUT2D eigenvalue weighted by Gasteiger charge is -2.42. The van der Waals surface area contributed by atoms with Crippen molar-refractivity contribution in [2.75, 3.05) is 6.54 Å². The minimum atomic E-state index is -0.343. The van der Waals surface area contributed by atoms with Gasteiger partial charge in [0.2, 0.25) is 0 Å². The Morgan fingerprint density at radius 1 is 0.818 bits per heavy atom. The van der Waals surface area contributed by atoms with Crippen LogP contribution in [0.15, 0.2) is 30.3 Å². The molecule has 1 atom stereocenters. The molecule has 22 heavy (non-hydrogen) atoms. The van der Waals surface area contributed by atoms with Gasteiger partial charge in [0, 0.05) is 18.6 Å². The molecular formula is C20H31NO. The van der Waals surface area contributed by atoms with Gasteiger partial charge in [-0.05, 0) is 31.2 Å². The Kier molecular flexibility index (Phi) is 5.91. The molecule has 1 N–H and O–H groups in total. The lowest BCUT2D eigenvalue weighted by molar-refractivity contribution is 0.0287. The van der Waals surface area contributed by atoms with Crippen LogP contribution in [0.3, 0.4) is 0 Å². The average molecular weight is 301 g/mol. The van der Waals surface area contributed by atoms with E-state index >= 15 is 0 Å². The summed E-state index contributed by atoms with van der Waals surface area (Å²) in [5, 5.41) is 10.7. The summed E-state index contributed by atoms with van der Waals surface area (Å²) in [4.78, 5) is 2.69. The first-order valence-electron chi connectivity index (χ1n) is 9.33. The Labute approximate surface area is 135 Å². The Hall–Kier alpha value is -0.860. The first-order chi connectivity index (χ1) is 10.8. The van der Waals surface area contributed by atoms with E-state index in [1.54, 1.807) is 0 Å². The van der Waals surface area contributed by atoms with Crippen LogP contribution in [-0.2, 0) is 0 Å². The predicted octanol–water partition coefficient (Wildman–Crippen LogP) is 4.69. The van der Waals surface area contributed by atoms with Crippen LogP contribution in [0.5, 0.6) is 0 Å². The van der Waals surface area contributed by atoms with Gasteiger partial charge in [-0.25, -0.2) is 0 Å². The fourth-order valence-electron chi connectivity index (χ4n) is 4.40. The van der Waals surface area contributed by atoms with E-state index in [9.17, 15) is 5.11 Å². The Balaban J connectivity index is 1.69. The Bertz CT molecular complexity index is 403. The summed E-state index contributed by atoms with van der Waals surface area (Å²) in [5.74, 6) is 0. The van der Waals surface area contributed by atoms with Gasteiger partial charge >= 0.3 is 0 Å². The molecule has 2 aliphatic carbocycles. The molecule has 3 rings (SSSR count). The van der Waals surface area contributed by atoms with Crippen molar-refractivity contribution in [3.8, 4) is 0 Å². The quantitative estimate of drug-likeness (QED) is 0.853. The van der Waals surface area contributed by atoms with Crippen molar-refractivity contribution in [2.45, 2.75) is 82.4 Å². The number of hydrogen-bond donors (Lipinski definition) is 1. The molecule has 2 nitrogen and oxygen atoms in total. The third kappa shape index (κ3) is 4.11. The van der Waals surface area contributed by atoms with E-state index in [2.05, 4.69) is 17.0 Å². The van der Waals surface area contributed by atoms with E-state index in [-0.39, 0.29) is 6.10 Å². The number of rotatable bonds is 5. The number of hydrogen-bond acceptors (Lipinski definition) is 2. The van der Waals surface area contributed by atoms with Gasteiger partial charge < -0.3 is 5.11 Å². The van der Waals surface area contributed by atoms with E-state index in [0.29, 0.717) is 12.1 Å². The second-order valence-corrected chi connectivity index (χ2v) is 7.21. The van der Waals surface area contributed by atoms with E-state index in [4.69, 9.17) is 0 Å². The van der Waals surface area contributed by atoms with E-state index < -0.39 is 0 Å². The molecule has 122 valence electrons. The van der Waals surface area contributed by atoms with Gasteiger partial charge in [0.05, 0.1) is 6.10 Å². The second-order valence-electron chi connectivity index (χ2n) is 7.21. The second kappa shape index (κ2) is 8.12. The first kappa shape index (κ1) is 16.0. The molecule has 1 unspecified atom stereocenters. The fraction of sp³-hybridized carbons (Fsp3) is 0.700. The maximum Gasteiger partial charge on any atom is 0.0917 e. The zero-order valence-electron chi connectivity index (χ0n) is 13.8. The number of nitrogens with zero attached hydrogens (tertiary/aromatic N) is 1. The minimum absolute atomic E-state index is 0.343. The SMILES string of the molecule is OC(CN(C1CCCCC1)C1CCCCC1)c1ccccc1. The molecule has 2 aliphatic rings. The van der Waals surface area contributed by atoms with Crippen LogP contribution in [0.25, 0.3) is 0 Å². The van der Waals surface area contributed by atoms with Crippen molar-refractivity contribution < 1.29 is 5.11 Å². The van der Waals surface area contributed by atoms with Crippen molar-refractivity contribution in [1.29, 1.82) is 0 Å². The summed E-state index contributed by atoms with van der Waals surface area (Å²) in [7, 11) is 0. The molecule has 0 amide bonds. The van der Waals surface area contributed by atoms with Gasteiger partial charge in [-0.3, -0.25) is 4.90 Å². The van der Waals surface area contributed by atoms with Crippen molar-refractivity contribution >= 4 is 0 Å². The normalized spacial score (nSPS) is 22.8. The molecule has 0 bridgehead atoms. The molecule has 2 fully saturated rings. The molecule has 0 saturated heterocycles. The summed E-state index contributed by atoms with van der Waals surface area (Å²) >= 11 is 0. The minimum Gasteiger partial charge on any atom is -0.387 e. The highest BCUT2D eigenvalue weighted by Crippen LogP contribution is 2.31. The largest absolute Gasteiger partial charge is 0.387 e. The highest BCUT2D eigenvalue weighted by molar-refractivity contribution is 5.17. The smallest absolute Gasteiger partial charge is 0.0917 e. The maximum absolute atomic E-state index is 10.7. The van der Waals surface area contributed by atoms with Gasteiger partial charge in [-0.15, -0.1) is 0 Å². The van der Waals surface area contributed by atoms with Crippen LogP contribution in [0.2, 0.25) is 0 Å². The van der Waals surface area contributed by atoms with Crippen LogP contribution in [0, 0.1) is 0 Å². The summed E-state index contributed by atoms with van der Waals surface area (Å²) in [6, 6.07) is 11.6. The van der Waals surface area contributed by atoms with Gasteiger partial charge in [0.1, 0.15) is 0 Å². The van der Waals surface area contributed by atoms with Gasteiger partial charge in [-0.2, -0.15) is 0 Å². The molecule has 0 heterocycles. The molecule has 0 aromatic heterocycles. The van der Waals surface area contributed by atoms with Crippen LogP contribution in [0.1, 0.15) is 75.9 Å². The monoisotopic (exact) mass is 301 g/mol. The molecule has 1 aromatic carbocycles. The molecule has 1 aromatic rings. The predicted molar refractivity (Wildman–Crippen MR) is 91.9 cm³/mol. The standard InChI is InChI=1S/C20H31NO/c22-20(17-10-4-1-5-11-17)16-21(18-12-6-2-7-13-18)19-14-8-3-9-15-19/h1,4-5,10-11,18-20,22H,2-3,6-9,12-16H2. The third-order valence-electron chi connectivity index (χ3n) is 5.66. The van der Waals surface area contributed by atoms with Crippen LogP contribution >= 0.6 is 0 Å². The Morgan fingerprint density at radius 3 is 1.82 bits per heavy atom. The van der Waals surface area contributed by atoms with Crippen molar-refractivity contribution in [3.63, 3.8) is 0 Å². The van der Waals surface area contributed by atoms with Crippen molar-refractivity contribution in [1.82, 2.24) is 4.90 Å². The summed E-state index contributed by atoms with van der Waals surface area (Å²) < 4.78 is 0. The van der Waals surface area contributed by atoms with Gasteiger partial charge in [-0.1, -0.05) is 68.9 Å². The molecule has 2 heteroatoms. The molecule has 0 spiro atoms. The first-order valence-corrected chi connectivity index (χ1v) is 9.33. The van der Waals surface area contributed by atoms with Crippen LogP contribution < -0.4 is 0 Å². The van der Waals surface area contributed by atoms with E-state index in [1.165, 1.54) is 64.2 Å². The van der Waals surface area contributed by atoms with Crippen molar-refractivity contribution in [2.24, 2.45) is 0 Å². The lowest BCUT2D eigenvalue weighted by atomic mass is 9.88. The van der Waals surface area contributed by atoms with E-state index in [1.807, 2.05) is 18.2 Å². The number of aliphatic hydroxyl groups is 1. The lowest BCUT2D eigenvalue weighted by Crippen LogP contribution is -2.47. The highest BCUT2D eigenvalue weighted by atomic mass is 16.3. The molecular weight excluding hydrogens is 270 g/mol.